The molecule has 1 aromatic heterocycles. The molecule has 5 heteroatoms. The summed E-state index contributed by atoms with van der Waals surface area (Å²) in [6.07, 6.45) is 0.740. The average Bonchev–Trinajstić information content (AvgIpc) is 2.88. The van der Waals surface area contributed by atoms with Gasteiger partial charge < -0.3 is 14.5 Å². The third-order valence-corrected chi connectivity index (χ3v) is 2.89. The van der Waals surface area contributed by atoms with E-state index in [2.05, 4.69) is 22.4 Å². The molecule has 1 heterocycles. The van der Waals surface area contributed by atoms with E-state index in [1.807, 2.05) is 25.1 Å². The highest BCUT2D eigenvalue weighted by Gasteiger charge is 2.10. The van der Waals surface area contributed by atoms with Gasteiger partial charge in [-0.15, -0.1) is 10.2 Å². The zero-order valence-corrected chi connectivity index (χ0v) is 11.6. The molecule has 0 atom stereocenters. The number of rotatable bonds is 6. The molecule has 0 unspecified atom stereocenters. The first kappa shape index (κ1) is 13.5. The van der Waals surface area contributed by atoms with E-state index in [0.717, 1.165) is 36.4 Å². The van der Waals surface area contributed by atoms with Crippen LogP contribution in [0.4, 0.5) is 0 Å². The van der Waals surface area contributed by atoms with Crippen molar-refractivity contribution in [3.05, 3.63) is 29.7 Å². The molecule has 1 N–H and O–H groups in total. The monoisotopic (exact) mass is 261 g/mol. The van der Waals surface area contributed by atoms with E-state index in [-0.39, 0.29) is 0 Å². The Kier molecular flexibility index (Phi) is 4.52. The van der Waals surface area contributed by atoms with Gasteiger partial charge in [0.15, 0.2) is 0 Å². The fraction of sp³-hybridized carbons (Fsp3) is 0.429. The van der Waals surface area contributed by atoms with Gasteiger partial charge in [0.2, 0.25) is 11.8 Å². The summed E-state index contributed by atoms with van der Waals surface area (Å²) in [5.74, 6) is 2.00. The number of aryl methyl sites for hydroxylation is 1. The maximum Gasteiger partial charge on any atom is 0.247 e. The summed E-state index contributed by atoms with van der Waals surface area (Å²) in [6, 6.07) is 5.85. The second-order valence-corrected chi connectivity index (χ2v) is 4.29. The fourth-order valence-electron chi connectivity index (χ4n) is 1.80. The minimum Gasteiger partial charge on any atom is -0.496 e. The summed E-state index contributed by atoms with van der Waals surface area (Å²) in [5, 5.41) is 11.3. The first-order valence-corrected chi connectivity index (χ1v) is 6.42. The Morgan fingerprint density at radius 2 is 2.16 bits per heavy atom. The molecule has 0 aliphatic carbocycles. The van der Waals surface area contributed by atoms with Crippen molar-refractivity contribution in [3.8, 4) is 17.2 Å². The minimum absolute atomic E-state index is 0.532. The molecule has 1 aromatic carbocycles. The first-order chi connectivity index (χ1) is 9.24. The van der Waals surface area contributed by atoms with Crippen molar-refractivity contribution in [1.29, 1.82) is 0 Å². The zero-order valence-electron chi connectivity index (χ0n) is 11.6. The van der Waals surface area contributed by atoms with Gasteiger partial charge in [-0.05, 0) is 31.2 Å². The van der Waals surface area contributed by atoms with Crippen LogP contribution in [0.5, 0.6) is 5.75 Å². The van der Waals surface area contributed by atoms with Gasteiger partial charge in [0.05, 0.1) is 7.11 Å². The van der Waals surface area contributed by atoms with Crippen molar-refractivity contribution in [2.24, 2.45) is 0 Å². The highest BCUT2D eigenvalue weighted by molar-refractivity contribution is 5.57. The number of hydrogen-bond acceptors (Lipinski definition) is 5. The highest BCUT2D eigenvalue weighted by Crippen LogP contribution is 2.25. The van der Waals surface area contributed by atoms with Gasteiger partial charge >= 0.3 is 0 Å². The number of hydrogen-bond donors (Lipinski definition) is 1. The quantitative estimate of drug-likeness (QED) is 0.808. The third-order valence-electron chi connectivity index (χ3n) is 2.89. The Hall–Kier alpha value is -1.88. The summed E-state index contributed by atoms with van der Waals surface area (Å²) < 4.78 is 10.9. The first-order valence-electron chi connectivity index (χ1n) is 6.42. The van der Waals surface area contributed by atoms with Crippen molar-refractivity contribution < 1.29 is 9.15 Å². The molecule has 19 heavy (non-hydrogen) atoms. The standard InChI is InChI=1S/C14H19N3O2/c1-4-15-8-7-13-16-17-14(19-13)11-6-5-10(2)12(9-11)18-3/h5-6,9,15H,4,7-8H2,1-3H3. The smallest absolute Gasteiger partial charge is 0.247 e. The molecule has 0 amide bonds. The van der Waals surface area contributed by atoms with E-state index < -0.39 is 0 Å². The number of aromatic nitrogens is 2. The van der Waals surface area contributed by atoms with Crippen LogP contribution in [0.15, 0.2) is 22.6 Å². The number of likely N-dealkylation sites (N-methyl/N-ethyl adjacent to an activating group) is 1. The molecule has 0 spiro atoms. The van der Waals surface area contributed by atoms with Crippen molar-refractivity contribution in [2.75, 3.05) is 20.2 Å². The molecule has 0 aliphatic rings. The summed E-state index contributed by atoms with van der Waals surface area (Å²) >= 11 is 0. The van der Waals surface area contributed by atoms with Crippen LogP contribution in [-0.4, -0.2) is 30.4 Å². The predicted molar refractivity (Wildman–Crippen MR) is 73.3 cm³/mol. The van der Waals surface area contributed by atoms with Gasteiger partial charge in [-0.1, -0.05) is 13.0 Å². The minimum atomic E-state index is 0.532. The Bertz CT molecular complexity index is 537. The van der Waals surface area contributed by atoms with Gasteiger partial charge in [0.25, 0.3) is 0 Å². The third kappa shape index (κ3) is 3.32. The molecular weight excluding hydrogens is 242 g/mol. The van der Waals surface area contributed by atoms with E-state index >= 15 is 0 Å². The van der Waals surface area contributed by atoms with E-state index in [1.165, 1.54) is 0 Å². The second-order valence-electron chi connectivity index (χ2n) is 4.29. The van der Waals surface area contributed by atoms with E-state index in [9.17, 15) is 0 Å². The summed E-state index contributed by atoms with van der Waals surface area (Å²) in [4.78, 5) is 0. The maximum atomic E-state index is 5.64. The molecule has 0 bridgehead atoms. The number of benzene rings is 1. The number of ether oxygens (including phenoxy) is 1. The van der Waals surface area contributed by atoms with E-state index in [0.29, 0.717) is 11.8 Å². The fourth-order valence-corrected chi connectivity index (χ4v) is 1.80. The van der Waals surface area contributed by atoms with Crippen LogP contribution in [0.1, 0.15) is 18.4 Å². The summed E-state index contributed by atoms with van der Waals surface area (Å²) in [6.45, 7) is 5.85. The summed E-state index contributed by atoms with van der Waals surface area (Å²) in [7, 11) is 1.65. The van der Waals surface area contributed by atoms with Crippen molar-refractivity contribution in [1.82, 2.24) is 15.5 Å². The van der Waals surface area contributed by atoms with E-state index in [4.69, 9.17) is 9.15 Å². The normalized spacial score (nSPS) is 10.7. The Balaban J connectivity index is 2.13. The lowest BCUT2D eigenvalue weighted by Crippen LogP contribution is -2.16. The average molecular weight is 261 g/mol. The predicted octanol–water partition coefficient (Wildman–Crippen LogP) is 2.21. The van der Waals surface area contributed by atoms with Crippen LogP contribution < -0.4 is 10.1 Å². The number of nitrogens with zero attached hydrogens (tertiary/aromatic N) is 2. The lowest BCUT2D eigenvalue weighted by atomic mass is 10.1. The Morgan fingerprint density at radius 3 is 2.89 bits per heavy atom. The van der Waals surface area contributed by atoms with Gasteiger partial charge in [-0.2, -0.15) is 0 Å². The molecule has 0 saturated carbocycles. The maximum absolute atomic E-state index is 5.64. The molecule has 102 valence electrons. The number of methoxy groups -OCH3 is 1. The molecule has 5 nitrogen and oxygen atoms in total. The van der Waals surface area contributed by atoms with Crippen LogP contribution in [0.25, 0.3) is 11.5 Å². The SMILES string of the molecule is CCNCCc1nnc(-c2ccc(C)c(OC)c2)o1. The molecule has 2 aromatic rings. The van der Waals surface area contributed by atoms with Crippen LogP contribution >= 0.6 is 0 Å². The molecule has 0 fully saturated rings. The summed E-state index contributed by atoms with van der Waals surface area (Å²) in [5.41, 5.74) is 1.96. The highest BCUT2D eigenvalue weighted by atomic mass is 16.5. The van der Waals surface area contributed by atoms with Crippen LogP contribution in [0.2, 0.25) is 0 Å². The zero-order chi connectivity index (χ0) is 13.7. The van der Waals surface area contributed by atoms with E-state index in [1.54, 1.807) is 7.11 Å². The molecule has 2 rings (SSSR count). The van der Waals surface area contributed by atoms with Gasteiger partial charge in [-0.3, -0.25) is 0 Å². The molecular formula is C14H19N3O2. The largest absolute Gasteiger partial charge is 0.496 e. The van der Waals surface area contributed by atoms with Crippen molar-refractivity contribution in [2.45, 2.75) is 20.3 Å². The van der Waals surface area contributed by atoms with Gasteiger partial charge in [-0.25, -0.2) is 0 Å². The molecule has 0 aliphatic heterocycles. The second kappa shape index (κ2) is 6.33. The molecule has 0 radical (unpaired) electrons. The van der Waals surface area contributed by atoms with Crippen LogP contribution in [0, 0.1) is 6.92 Å². The van der Waals surface area contributed by atoms with Crippen molar-refractivity contribution >= 4 is 0 Å². The van der Waals surface area contributed by atoms with Crippen LogP contribution in [0.3, 0.4) is 0 Å². The van der Waals surface area contributed by atoms with Gasteiger partial charge in [0, 0.05) is 18.5 Å². The van der Waals surface area contributed by atoms with Crippen LogP contribution in [-0.2, 0) is 6.42 Å². The molecule has 0 saturated heterocycles. The Labute approximate surface area is 113 Å². The van der Waals surface area contributed by atoms with Gasteiger partial charge in [0.1, 0.15) is 5.75 Å². The van der Waals surface area contributed by atoms with Crippen molar-refractivity contribution in [3.63, 3.8) is 0 Å². The lowest BCUT2D eigenvalue weighted by molar-refractivity contribution is 0.411. The topological polar surface area (TPSA) is 60.2 Å². The number of nitrogens with one attached hydrogen (secondary N) is 1. The lowest BCUT2D eigenvalue weighted by Gasteiger charge is -2.04. The Morgan fingerprint density at radius 1 is 1.32 bits per heavy atom.